The highest BCUT2D eigenvalue weighted by molar-refractivity contribution is 5.81. The van der Waals surface area contributed by atoms with Crippen LogP contribution in [0.3, 0.4) is 0 Å². The van der Waals surface area contributed by atoms with Gasteiger partial charge >= 0.3 is 12.1 Å². The first-order chi connectivity index (χ1) is 7.80. The lowest BCUT2D eigenvalue weighted by Crippen LogP contribution is -2.44. The minimum absolute atomic E-state index is 0.336. The van der Waals surface area contributed by atoms with Gasteiger partial charge in [-0.25, -0.2) is 9.59 Å². The predicted molar refractivity (Wildman–Crippen MR) is 61.7 cm³/mol. The third kappa shape index (κ3) is 7.57. The maximum Gasteiger partial charge on any atom is 0.408 e. The third-order valence-electron chi connectivity index (χ3n) is 1.79. The second kappa shape index (κ2) is 7.11. The summed E-state index contributed by atoms with van der Waals surface area (Å²) in [5.74, 6) is -0.520. The van der Waals surface area contributed by atoms with Crippen molar-refractivity contribution in [2.45, 2.75) is 38.8 Å². The van der Waals surface area contributed by atoms with E-state index in [0.29, 0.717) is 13.0 Å². The fourth-order valence-electron chi connectivity index (χ4n) is 1.08. The van der Waals surface area contributed by atoms with Crippen molar-refractivity contribution in [3.05, 3.63) is 0 Å². The number of nitrogens with one attached hydrogen (secondary N) is 1. The second-order valence-corrected chi connectivity index (χ2v) is 4.50. The van der Waals surface area contributed by atoms with E-state index in [2.05, 4.69) is 10.1 Å². The van der Waals surface area contributed by atoms with Crippen molar-refractivity contribution in [2.24, 2.45) is 0 Å². The molecule has 0 saturated carbocycles. The van der Waals surface area contributed by atoms with Crippen molar-refractivity contribution in [1.82, 2.24) is 5.32 Å². The standard InChI is InChI=1S/C11H21NO5/c1-11(2,3)17-10(14)12-8(6-7-15-4)9(13)16-5/h8H,6-7H2,1-5H3,(H,12,14)/t8-/m0/s1. The van der Waals surface area contributed by atoms with Crippen LogP contribution in [0.2, 0.25) is 0 Å². The molecule has 17 heavy (non-hydrogen) atoms. The van der Waals surface area contributed by atoms with Gasteiger partial charge in [0.1, 0.15) is 11.6 Å². The van der Waals surface area contributed by atoms with E-state index in [1.54, 1.807) is 20.8 Å². The number of ether oxygens (including phenoxy) is 3. The average molecular weight is 247 g/mol. The first kappa shape index (κ1) is 15.7. The Kier molecular flexibility index (Phi) is 6.57. The fraction of sp³-hybridized carbons (Fsp3) is 0.818. The number of hydrogen-bond acceptors (Lipinski definition) is 5. The molecule has 0 aromatic heterocycles. The maximum absolute atomic E-state index is 11.5. The molecule has 100 valence electrons. The Balaban J connectivity index is 4.32. The summed E-state index contributed by atoms with van der Waals surface area (Å²) < 4.78 is 14.5. The van der Waals surface area contributed by atoms with E-state index in [4.69, 9.17) is 9.47 Å². The van der Waals surface area contributed by atoms with Gasteiger partial charge in [0.25, 0.3) is 0 Å². The summed E-state index contributed by atoms with van der Waals surface area (Å²) in [6.07, 6.45) is -0.313. The molecule has 1 atom stereocenters. The van der Waals surface area contributed by atoms with Gasteiger partial charge in [0.2, 0.25) is 0 Å². The molecular formula is C11H21NO5. The molecule has 1 N–H and O–H groups in total. The highest BCUT2D eigenvalue weighted by atomic mass is 16.6. The number of rotatable bonds is 5. The average Bonchev–Trinajstić information content (AvgIpc) is 2.20. The van der Waals surface area contributed by atoms with Crippen molar-refractivity contribution in [3.8, 4) is 0 Å². The molecular weight excluding hydrogens is 226 g/mol. The summed E-state index contributed by atoms with van der Waals surface area (Å²) in [5.41, 5.74) is -0.605. The van der Waals surface area contributed by atoms with Crippen LogP contribution >= 0.6 is 0 Å². The van der Waals surface area contributed by atoms with Crippen LogP contribution in [0.15, 0.2) is 0 Å². The van der Waals surface area contributed by atoms with Crippen molar-refractivity contribution in [3.63, 3.8) is 0 Å². The zero-order valence-electron chi connectivity index (χ0n) is 11.0. The molecule has 0 fully saturated rings. The van der Waals surface area contributed by atoms with Gasteiger partial charge < -0.3 is 19.5 Å². The Morgan fingerprint density at radius 3 is 2.24 bits per heavy atom. The van der Waals surface area contributed by atoms with E-state index < -0.39 is 23.7 Å². The number of hydrogen-bond donors (Lipinski definition) is 1. The van der Waals surface area contributed by atoms with Crippen molar-refractivity contribution in [2.75, 3.05) is 20.8 Å². The molecule has 0 aliphatic carbocycles. The van der Waals surface area contributed by atoms with Gasteiger partial charge in [-0.05, 0) is 20.8 Å². The molecule has 0 aliphatic heterocycles. The lowest BCUT2D eigenvalue weighted by atomic mass is 10.2. The number of carbonyl (C=O) groups excluding carboxylic acids is 2. The molecule has 0 rings (SSSR count). The number of amides is 1. The first-order valence-corrected chi connectivity index (χ1v) is 5.36. The number of alkyl carbamates (subject to hydrolysis) is 1. The smallest absolute Gasteiger partial charge is 0.408 e. The van der Waals surface area contributed by atoms with Gasteiger partial charge in [-0.2, -0.15) is 0 Å². The normalized spacial score (nSPS) is 12.8. The molecule has 1 amide bonds. The predicted octanol–water partition coefficient (Wildman–Crippen LogP) is 1.09. The van der Waals surface area contributed by atoms with E-state index in [1.165, 1.54) is 14.2 Å². The van der Waals surface area contributed by atoms with E-state index in [9.17, 15) is 9.59 Å². The Hall–Kier alpha value is -1.30. The maximum atomic E-state index is 11.5. The molecule has 0 spiro atoms. The molecule has 6 heteroatoms. The Bertz CT molecular complexity index is 259. The van der Waals surface area contributed by atoms with Crippen LogP contribution in [0.1, 0.15) is 27.2 Å². The van der Waals surface area contributed by atoms with E-state index >= 15 is 0 Å². The van der Waals surface area contributed by atoms with E-state index in [-0.39, 0.29) is 0 Å². The lowest BCUT2D eigenvalue weighted by molar-refractivity contribution is -0.143. The molecule has 0 aliphatic rings. The molecule has 0 aromatic rings. The van der Waals surface area contributed by atoms with Crippen molar-refractivity contribution >= 4 is 12.1 Å². The minimum Gasteiger partial charge on any atom is -0.467 e. The molecule has 0 unspecified atom stereocenters. The summed E-state index contributed by atoms with van der Waals surface area (Å²) in [6, 6.07) is -0.755. The molecule has 6 nitrogen and oxygen atoms in total. The van der Waals surface area contributed by atoms with Crippen LogP contribution in [0, 0.1) is 0 Å². The summed E-state index contributed by atoms with van der Waals surface area (Å²) in [6.45, 7) is 5.58. The number of carbonyl (C=O) groups is 2. The largest absolute Gasteiger partial charge is 0.467 e. The number of esters is 1. The highest BCUT2D eigenvalue weighted by Gasteiger charge is 2.24. The van der Waals surface area contributed by atoms with Crippen LogP contribution < -0.4 is 5.32 Å². The first-order valence-electron chi connectivity index (χ1n) is 5.36. The van der Waals surface area contributed by atoms with Crippen molar-refractivity contribution < 1.29 is 23.8 Å². The fourth-order valence-corrected chi connectivity index (χ4v) is 1.08. The van der Waals surface area contributed by atoms with Gasteiger partial charge in [0.15, 0.2) is 0 Å². The summed E-state index contributed by atoms with van der Waals surface area (Å²) in [5, 5.41) is 2.44. The third-order valence-corrected chi connectivity index (χ3v) is 1.79. The van der Waals surface area contributed by atoms with E-state index in [0.717, 1.165) is 0 Å². The minimum atomic E-state index is -0.755. The van der Waals surface area contributed by atoms with Crippen LogP contribution in [-0.2, 0) is 19.0 Å². The summed E-state index contributed by atoms with van der Waals surface area (Å²) >= 11 is 0. The lowest BCUT2D eigenvalue weighted by Gasteiger charge is -2.22. The van der Waals surface area contributed by atoms with E-state index in [1.807, 2.05) is 0 Å². The highest BCUT2D eigenvalue weighted by Crippen LogP contribution is 2.07. The van der Waals surface area contributed by atoms with Crippen LogP contribution in [0.5, 0.6) is 0 Å². The zero-order chi connectivity index (χ0) is 13.5. The SMILES string of the molecule is COCC[C@H](NC(=O)OC(C)(C)C)C(=O)OC. The second-order valence-electron chi connectivity index (χ2n) is 4.50. The topological polar surface area (TPSA) is 73.9 Å². The number of methoxy groups -OCH3 is 2. The van der Waals surface area contributed by atoms with Crippen LogP contribution in [-0.4, -0.2) is 44.5 Å². The Morgan fingerprint density at radius 2 is 1.82 bits per heavy atom. The van der Waals surface area contributed by atoms with Crippen LogP contribution in [0.4, 0.5) is 4.79 Å². The summed E-state index contributed by atoms with van der Waals surface area (Å²) in [7, 11) is 2.78. The molecule has 0 heterocycles. The van der Waals surface area contributed by atoms with Gasteiger partial charge in [-0.3, -0.25) is 0 Å². The van der Waals surface area contributed by atoms with Crippen molar-refractivity contribution in [1.29, 1.82) is 0 Å². The molecule has 0 radical (unpaired) electrons. The van der Waals surface area contributed by atoms with Crippen LogP contribution in [0.25, 0.3) is 0 Å². The molecule has 0 bridgehead atoms. The quantitative estimate of drug-likeness (QED) is 0.736. The van der Waals surface area contributed by atoms with Gasteiger partial charge in [-0.1, -0.05) is 0 Å². The molecule has 0 saturated heterocycles. The summed E-state index contributed by atoms with van der Waals surface area (Å²) in [4.78, 5) is 22.8. The monoisotopic (exact) mass is 247 g/mol. The Morgan fingerprint density at radius 1 is 1.24 bits per heavy atom. The zero-order valence-corrected chi connectivity index (χ0v) is 11.0. The van der Waals surface area contributed by atoms with Gasteiger partial charge in [0.05, 0.1) is 7.11 Å². The molecule has 0 aromatic carbocycles. The van der Waals surface area contributed by atoms with Gasteiger partial charge in [-0.15, -0.1) is 0 Å². The van der Waals surface area contributed by atoms with Gasteiger partial charge in [0, 0.05) is 20.1 Å². The Labute approximate surface area is 102 Å².